The third kappa shape index (κ3) is 15.9. The molecule has 0 nitrogen and oxygen atoms in total. The van der Waals surface area contributed by atoms with E-state index in [-0.39, 0.29) is 24.8 Å². The van der Waals surface area contributed by atoms with Gasteiger partial charge < -0.3 is 24.8 Å². The summed E-state index contributed by atoms with van der Waals surface area (Å²) in [6.07, 6.45) is 4.61. The first kappa shape index (κ1) is 15.9. The maximum absolute atomic E-state index is 5.21. The second-order valence-electron chi connectivity index (χ2n) is 1.50. The van der Waals surface area contributed by atoms with Crippen LogP contribution in [0.2, 0.25) is 6.32 Å². The maximum atomic E-state index is 5.21. The molecule has 0 rings (SSSR count). The van der Waals surface area contributed by atoms with Crippen LogP contribution in [0.1, 0.15) is 26.2 Å². The van der Waals surface area contributed by atoms with Gasteiger partial charge in [-0.15, -0.1) is 0 Å². The van der Waals surface area contributed by atoms with Crippen molar-refractivity contribution in [1.29, 1.82) is 0 Å². The molecular formula is C5H11BCl2. The molecule has 0 spiro atoms. The minimum atomic E-state index is 0. The summed E-state index contributed by atoms with van der Waals surface area (Å²) in [5.41, 5.74) is 0. The van der Waals surface area contributed by atoms with E-state index in [1.54, 1.807) is 0 Å². The number of hydrogen-bond acceptors (Lipinski definition) is 0. The molecule has 0 aliphatic carbocycles. The van der Waals surface area contributed by atoms with E-state index in [0.29, 0.717) is 0 Å². The standard InChI is InChI=1S/C5H11B.2ClH/c1-2-3-4-5-6;;/h2-5H2,1H3;2*1H/q+2;;/p-2. The van der Waals surface area contributed by atoms with Crippen molar-refractivity contribution in [2.75, 3.05) is 0 Å². The van der Waals surface area contributed by atoms with Crippen LogP contribution in [0.25, 0.3) is 0 Å². The van der Waals surface area contributed by atoms with Crippen molar-refractivity contribution < 1.29 is 24.8 Å². The minimum Gasteiger partial charge on any atom is -1.00 e. The Kier molecular flexibility index (Phi) is 31.0. The van der Waals surface area contributed by atoms with Crippen molar-refractivity contribution in [3.8, 4) is 0 Å². The molecule has 0 saturated heterocycles. The van der Waals surface area contributed by atoms with Gasteiger partial charge in [0.2, 0.25) is 0 Å². The van der Waals surface area contributed by atoms with E-state index in [2.05, 4.69) is 6.92 Å². The SMILES string of the molecule is [B+2]CCCCC.[Cl-].[Cl-]. The summed E-state index contributed by atoms with van der Waals surface area (Å²) in [4.78, 5) is 0. The van der Waals surface area contributed by atoms with Crippen LogP contribution in [-0.4, -0.2) is 7.85 Å². The minimum absolute atomic E-state index is 0. The zero-order valence-electron chi connectivity index (χ0n) is 5.16. The molecule has 0 N–H and O–H groups in total. The van der Waals surface area contributed by atoms with Crippen LogP contribution in [0.4, 0.5) is 0 Å². The largest absolute Gasteiger partial charge is 1.00 e. The second-order valence-corrected chi connectivity index (χ2v) is 1.50. The fourth-order valence-electron chi connectivity index (χ4n) is 0.394. The smallest absolute Gasteiger partial charge is 1.00 e. The number of unbranched alkanes of at least 4 members (excludes halogenated alkanes) is 2. The van der Waals surface area contributed by atoms with Gasteiger partial charge in [0.25, 0.3) is 0 Å². The molecule has 0 aromatic heterocycles. The normalized spacial score (nSPS) is 6.88. The first-order valence-electron chi connectivity index (χ1n) is 2.62. The predicted molar refractivity (Wildman–Crippen MR) is 30.1 cm³/mol. The first-order valence-corrected chi connectivity index (χ1v) is 2.62. The average molecular weight is 153 g/mol. The van der Waals surface area contributed by atoms with E-state index in [1.165, 1.54) is 19.3 Å². The summed E-state index contributed by atoms with van der Waals surface area (Å²) < 4.78 is 0. The molecule has 0 saturated carbocycles. The van der Waals surface area contributed by atoms with Crippen LogP contribution in [0.5, 0.6) is 0 Å². The number of rotatable bonds is 3. The molecule has 0 aliphatic rings. The zero-order chi connectivity index (χ0) is 4.83. The van der Waals surface area contributed by atoms with Crippen LogP contribution >= 0.6 is 0 Å². The molecule has 0 heterocycles. The van der Waals surface area contributed by atoms with Crippen molar-refractivity contribution >= 4 is 7.85 Å². The maximum Gasteiger partial charge on any atom is -1.00 e. The third-order valence-corrected chi connectivity index (χ3v) is 0.808. The Morgan fingerprint density at radius 2 is 1.62 bits per heavy atom. The fraction of sp³-hybridized carbons (Fsp3) is 1.00. The van der Waals surface area contributed by atoms with Crippen molar-refractivity contribution in [3.05, 3.63) is 0 Å². The van der Waals surface area contributed by atoms with E-state index >= 15 is 0 Å². The van der Waals surface area contributed by atoms with Crippen molar-refractivity contribution in [1.82, 2.24) is 0 Å². The molecular weight excluding hydrogens is 142 g/mol. The Balaban J connectivity index is -0.000000125. The summed E-state index contributed by atoms with van der Waals surface area (Å²) >= 11 is 0. The average Bonchev–Trinajstić information content (AvgIpc) is 1.61. The first-order chi connectivity index (χ1) is 2.91. The van der Waals surface area contributed by atoms with Gasteiger partial charge in [-0.25, -0.2) is 0 Å². The number of hydrogen-bond donors (Lipinski definition) is 0. The predicted octanol–water partition coefficient (Wildman–Crippen LogP) is -4.23. The van der Waals surface area contributed by atoms with Crippen LogP contribution in [-0.2, 0) is 0 Å². The van der Waals surface area contributed by atoms with Crippen LogP contribution in [0.15, 0.2) is 0 Å². The molecule has 0 aromatic carbocycles. The van der Waals surface area contributed by atoms with Gasteiger partial charge in [-0.05, 0) is 0 Å². The van der Waals surface area contributed by atoms with E-state index < -0.39 is 0 Å². The summed E-state index contributed by atoms with van der Waals surface area (Å²) in [6.45, 7) is 2.18. The summed E-state index contributed by atoms with van der Waals surface area (Å²) in [7, 11) is 5.21. The Bertz CT molecular complexity index is 22.4. The molecule has 0 aliphatic heterocycles. The topological polar surface area (TPSA) is 0 Å². The molecule has 0 unspecified atom stereocenters. The molecule has 0 amide bonds. The summed E-state index contributed by atoms with van der Waals surface area (Å²) in [5, 5.41) is 0. The molecule has 3 heteroatoms. The monoisotopic (exact) mass is 152 g/mol. The quantitative estimate of drug-likeness (QED) is 0.284. The Morgan fingerprint density at radius 1 is 1.12 bits per heavy atom. The summed E-state index contributed by atoms with van der Waals surface area (Å²) in [6, 6.07) is 0. The molecule has 8 heavy (non-hydrogen) atoms. The van der Waals surface area contributed by atoms with Crippen molar-refractivity contribution in [2.24, 2.45) is 0 Å². The van der Waals surface area contributed by atoms with Crippen LogP contribution in [0.3, 0.4) is 0 Å². The molecule has 0 radical (unpaired) electrons. The summed E-state index contributed by atoms with van der Waals surface area (Å²) in [5.74, 6) is 0. The van der Waals surface area contributed by atoms with E-state index in [9.17, 15) is 0 Å². The number of halogens is 2. The second kappa shape index (κ2) is 15.6. The van der Waals surface area contributed by atoms with Crippen LogP contribution < -0.4 is 24.8 Å². The Morgan fingerprint density at radius 3 is 1.75 bits per heavy atom. The zero-order valence-corrected chi connectivity index (χ0v) is 6.67. The van der Waals surface area contributed by atoms with Gasteiger partial charge in [-0.3, -0.25) is 0 Å². The molecule has 48 valence electrons. The molecule has 0 aromatic rings. The van der Waals surface area contributed by atoms with E-state index in [0.717, 1.165) is 6.32 Å². The van der Waals surface area contributed by atoms with Crippen LogP contribution in [0, 0.1) is 0 Å². The van der Waals surface area contributed by atoms with Crippen molar-refractivity contribution in [3.63, 3.8) is 0 Å². The van der Waals surface area contributed by atoms with Crippen molar-refractivity contribution in [2.45, 2.75) is 32.5 Å². The molecule has 0 fully saturated rings. The van der Waals surface area contributed by atoms with E-state index in [4.69, 9.17) is 7.85 Å². The molecule has 0 bridgehead atoms. The Hall–Kier alpha value is 0.645. The third-order valence-electron chi connectivity index (χ3n) is 0.808. The van der Waals surface area contributed by atoms with Gasteiger partial charge >= 0.3 is 40.4 Å². The van der Waals surface area contributed by atoms with Gasteiger partial charge in [0.1, 0.15) is 0 Å². The Labute approximate surface area is 65.7 Å². The van der Waals surface area contributed by atoms with Gasteiger partial charge in [0.05, 0.1) is 0 Å². The van der Waals surface area contributed by atoms with Gasteiger partial charge in [0, 0.05) is 0 Å². The van der Waals surface area contributed by atoms with E-state index in [1.807, 2.05) is 0 Å². The molecule has 0 atom stereocenters. The van der Waals surface area contributed by atoms with Gasteiger partial charge in [-0.1, -0.05) is 0 Å². The van der Waals surface area contributed by atoms with Gasteiger partial charge in [0.15, 0.2) is 0 Å². The fourth-order valence-corrected chi connectivity index (χ4v) is 0.394. The van der Waals surface area contributed by atoms with Gasteiger partial charge in [-0.2, -0.15) is 0 Å².